The Labute approximate surface area is 129 Å². The first kappa shape index (κ1) is 14.8. The first-order valence-corrected chi connectivity index (χ1v) is 9.34. The van der Waals surface area contributed by atoms with Crippen molar-refractivity contribution >= 4 is 16.7 Å². The van der Waals surface area contributed by atoms with Gasteiger partial charge in [-0.15, -0.1) is 0 Å². The Morgan fingerprint density at radius 3 is 2.48 bits per heavy atom. The van der Waals surface area contributed by atoms with Crippen LogP contribution in [-0.2, 0) is 10.8 Å². The van der Waals surface area contributed by atoms with Crippen LogP contribution in [0.4, 0.5) is 0 Å². The molecule has 1 N–H and O–H groups in total. The molecule has 1 aromatic carbocycles. The summed E-state index contributed by atoms with van der Waals surface area (Å²) < 4.78 is 11.4. The van der Waals surface area contributed by atoms with E-state index in [2.05, 4.69) is 12.2 Å². The Hall–Kier alpha value is -1.16. The van der Waals surface area contributed by atoms with Gasteiger partial charge in [0.1, 0.15) is 0 Å². The topological polar surface area (TPSA) is 46.2 Å². The summed E-state index contributed by atoms with van der Waals surface area (Å²) in [7, 11) is -0.996. The van der Waals surface area contributed by atoms with Crippen LogP contribution in [0.15, 0.2) is 29.2 Å². The minimum atomic E-state index is -0.996. The Kier molecular flexibility index (Phi) is 4.16. The van der Waals surface area contributed by atoms with Gasteiger partial charge in [-0.05, 0) is 68.2 Å². The highest BCUT2D eigenvalue weighted by Crippen LogP contribution is 2.49. The van der Waals surface area contributed by atoms with Gasteiger partial charge >= 0.3 is 0 Å². The highest BCUT2D eigenvalue weighted by Gasteiger charge is 2.42. The van der Waals surface area contributed by atoms with Gasteiger partial charge in [0.25, 0.3) is 5.91 Å². The van der Waals surface area contributed by atoms with Crippen molar-refractivity contribution in [1.82, 2.24) is 5.32 Å². The number of rotatable bonds is 4. The van der Waals surface area contributed by atoms with Gasteiger partial charge in [-0.1, -0.05) is 6.42 Å². The summed E-state index contributed by atoms with van der Waals surface area (Å²) in [5, 5.41) is 3.16. The van der Waals surface area contributed by atoms with Crippen LogP contribution in [0.1, 0.15) is 43.0 Å². The number of fused-ring (bicyclic) bond motifs is 2. The van der Waals surface area contributed by atoms with Crippen molar-refractivity contribution in [2.45, 2.75) is 43.5 Å². The van der Waals surface area contributed by atoms with Crippen molar-refractivity contribution in [2.24, 2.45) is 17.8 Å². The summed E-state index contributed by atoms with van der Waals surface area (Å²) in [6, 6.07) is 7.31. The van der Waals surface area contributed by atoms with Gasteiger partial charge in [-0.3, -0.25) is 9.00 Å². The fraction of sp³-hybridized carbons (Fsp3) is 0.588. The van der Waals surface area contributed by atoms with E-state index in [0.29, 0.717) is 11.5 Å². The smallest absolute Gasteiger partial charge is 0.251 e. The number of hydrogen-bond donors (Lipinski definition) is 1. The quantitative estimate of drug-likeness (QED) is 0.929. The van der Waals surface area contributed by atoms with Gasteiger partial charge in [0.2, 0.25) is 0 Å². The lowest BCUT2D eigenvalue weighted by molar-refractivity contribution is 0.0915. The van der Waals surface area contributed by atoms with E-state index in [-0.39, 0.29) is 11.9 Å². The van der Waals surface area contributed by atoms with Gasteiger partial charge in [0.15, 0.2) is 0 Å². The molecule has 2 fully saturated rings. The summed E-state index contributed by atoms with van der Waals surface area (Å²) in [5.41, 5.74) is 0.652. The van der Waals surface area contributed by atoms with E-state index in [1.54, 1.807) is 30.5 Å². The molecule has 1 amide bonds. The fourth-order valence-electron chi connectivity index (χ4n) is 4.10. The van der Waals surface area contributed by atoms with Crippen molar-refractivity contribution in [2.75, 3.05) is 6.26 Å². The van der Waals surface area contributed by atoms with Crippen molar-refractivity contribution in [1.29, 1.82) is 0 Å². The van der Waals surface area contributed by atoms with Crippen molar-refractivity contribution < 1.29 is 9.00 Å². The summed E-state index contributed by atoms with van der Waals surface area (Å²) >= 11 is 0. The van der Waals surface area contributed by atoms with Crippen molar-refractivity contribution in [3.63, 3.8) is 0 Å². The molecule has 0 aromatic heterocycles. The SMILES string of the molecule is CC(NC(=O)c1ccc(S(C)=O)cc1)C1CC2CCC1C2. The van der Waals surface area contributed by atoms with Crippen LogP contribution in [0, 0.1) is 17.8 Å². The predicted molar refractivity (Wildman–Crippen MR) is 84.6 cm³/mol. The molecule has 5 atom stereocenters. The zero-order valence-corrected chi connectivity index (χ0v) is 13.5. The molecular weight excluding hydrogens is 282 g/mol. The summed E-state index contributed by atoms with van der Waals surface area (Å²) in [6.07, 6.45) is 7.01. The number of hydrogen-bond acceptors (Lipinski definition) is 2. The molecule has 0 heterocycles. The maximum Gasteiger partial charge on any atom is 0.251 e. The highest BCUT2D eigenvalue weighted by molar-refractivity contribution is 7.84. The predicted octanol–water partition coefficient (Wildman–Crippen LogP) is 2.98. The lowest BCUT2D eigenvalue weighted by atomic mass is 9.84. The summed E-state index contributed by atoms with van der Waals surface area (Å²) in [5.74, 6) is 2.35. The fourth-order valence-corrected chi connectivity index (χ4v) is 4.62. The molecule has 2 saturated carbocycles. The number of amides is 1. The molecule has 3 nitrogen and oxygen atoms in total. The number of carbonyl (C=O) groups excluding carboxylic acids is 1. The second kappa shape index (κ2) is 5.91. The lowest BCUT2D eigenvalue weighted by Crippen LogP contribution is -2.40. The Balaban J connectivity index is 1.61. The molecule has 0 radical (unpaired) electrons. The number of carbonyl (C=O) groups is 1. The van der Waals surface area contributed by atoms with E-state index in [0.717, 1.165) is 16.7 Å². The molecule has 2 aliphatic carbocycles. The third-order valence-electron chi connectivity index (χ3n) is 5.24. The number of benzene rings is 1. The van der Waals surface area contributed by atoms with E-state index < -0.39 is 10.8 Å². The first-order valence-electron chi connectivity index (χ1n) is 7.79. The lowest BCUT2D eigenvalue weighted by Gasteiger charge is -2.28. The molecule has 0 saturated heterocycles. The van der Waals surface area contributed by atoms with Gasteiger partial charge in [0.05, 0.1) is 0 Å². The minimum Gasteiger partial charge on any atom is -0.349 e. The average Bonchev–Trinajstić information content (AvgIpc) is 3.10. The van der Waals surface area contributed by atoms with E-state index in [4.69, 9.17) is 0 Å². The monoisotopic (exact) mass is 305 g/mol. The van der Waals surface area contributed by atoms with Crippen molar-refractivity contribution in [3.8, 4) is 0 Å². The largest absolute Gasteiger partial charge is 0.349 e. The van der Waals surface area contributed by atoms with Crippen LogP contribution in [-0.4, -0.2) is 22.4 Å². The maximum atomic E-state index is 12.3. The molecule has 21 heavy (non-hydrogen) atoms. The molecule has 2 aliphatic rings. The molecule has 0 spiro atoms. The zero-order chi connectivity index (χ0) is 15.0. The van der Waals surface area contributed by atoms with Crippen LogP contribution in [0.3, 0.4) is 0 Å². The van der Waals surface area contributed by atoms with E-state index in [1.165, 1.54) is 25.7 Å². The highest BCUT2D eigenvalue weighted by atomic mass is 32.2. The minimum absolute atomic E-state index is 0.0151. The third-order valence-corrected chi connectivity index (χ3v) is 6.18. The Morgan fingerprint density at radius 2 is 1.95 bits per heavy atom. The van der Waals surface area contributed by atoms with Gasteiger partial charge in [-0.2, -0.15) is 0 Å². The molecule has 1 aromatic rings. The molecule has 114 valence electrons. The maximum absolute atomic E-state index is 12.3. The van der Waals surface area contributed by atoms with Crippen LogP contribution < -0.4 is 5.32 Å². The number of nitrogens with one attached hydrogen (secondary N) is 1. The first-order chi connectivity index (χ1) is 10.0. The van der Waals surface area contributed by atoms with Gasteiger partial charge in [0, 0.05) is 33.6 Å². The molecule has 4 heteroatoms. The van der Waals surface area contributed by atoms with Crippen molar-refractivity contribution in [3.05, 3.63) is 29.8 Å². The van der Waals surface area contributed by atoms with Gasteiger partial charge in [-0.25, -0.2) is 0 Å². The molecule has 5 unspecified atom stereocenters. The molecule has 2 bridgehead atoms. The van der Waals surface area contributed by atoms with Crippen LogP contribution in [0.2, 0.25) is 0 Å². The average molecular weight is 305 g/mol. The second-order valence-corrected chi connectivity index (χ2v) is 7.96. The zero-order valence-electron chi connectivity index (χ0n) is 12.7. The molecule has 0 aliphatic heterocycles. The molecule has 3 rings (SSSR count). The molecular formula is C17H23NO2S. The third kappa shape index (κ3) is 3.05. The van der Waals surface area contributed by atoms with Crippen LogP contribution >= 0.6 is 0 Å². The van der Waals surface area contributed by atoms with Crippen LogP contribution in [0.25, 0.3) is 0 Å². The summed E-state index contributed by atoms with van der Waals surface area (Å²) in [4.78, 5) is 13.1. The van der Waals surface area contributed by atoms with E-state index in [1.807, 2.05) is 0 Å². The standard InChI is InChI=1S/C17H23NO2S/c1-11(16-10-12-3-4-14(16)9-12)18-17(19)13-5-7-15(8-6-13)21(2)20/h5-8,11-12,14,16H,3-4,9-10H2,1-2H3,(H,18,19). The van der Waals surface area contributed by atoms with Gasteiger partial charge < -0.3 is 5.32 Å². The van der Waals surface area contributed by atoms with E-state index in [9.17, 15) is 9.00 Å². The Morgan fingerprint density at radius 1 is 1.24 bits per heavy atom. The van der Waals surface area contributed by atoms with E-state index >= 15 is 0 Å². The summed E-state index contributed by atoms with van der Waals surface area (Å²) in [6.45, 7) is 2.14. The normalized spacial score (nSPS) is 30.1. The Bertz CT molecular complexity index is 554. The van der Waals surface area contributed by atoms with Crippen LogP contribution in [0.5, 0.6) is 0 Å². The second-order valence-electron chi connectivity index (χ2n) is 6.58.